The molecule has 22 heavy (non-hydrogen) atoms. The molecule has 1 heterocycles. The maximum atomic E-state index is 11.6. The van der Waals surface area contributed by atoms with Gasteiger partial charge < -0.3 is 10.6 Å². The van der Waals surface area contributed by atoms with Gasteiger partial charge >= 0.3 is 0 Å². The lowest BCUT2D eigenvalue weighted by Crippen LogP contribution is -2.28. The Labute approximate surface area is 131 Å². The molecule has 0 unspecified atom stereocenters. The van der Waals surface area contributed by atoms with E-state index in [9.17, 15) is 9.59 Å². The number of rotatable bonds is 2. The van der Waals surface area contributed by atoms with Crippen molar-refractivity contribution >= 4 is 24.0 Å². The molecule has 0 aromatic rings. The van der Waals surface area contributed by atoms with Gasteiger partial charge in [-0.25, -0.2) is 0 Å². The first-order chi connectivity index (χ1) is 10.4. The zero-order valence-electron chi connectivity index (χ0n) is 13.7. The van der Waals surface area contributed by atoms with Crippen LogP contribution in [0.25, 0.3) is 0 Å². The highest BCUT2D eigenvalue weighted by Crippen LogP contribution is 2.02. The van der Waals surface area contributed by atoms with Gasteiger partial charge in [-0.3, -0.25) is 19.6 Å². The Morgan fingerprint density at radius 2 is 1.23 bits per heavy atom. The minimum absolute atomic E-state index is 0.0211. The maximum absolute atomic E-state index is 11.6. The molecular weight excluding hydrogens is 280 g/mol. The van der Waals surface area contributed by atoms with Crippen molar-refractivity contribution in [1.29, 1.82) is 0 Å². The molecule has 1 aliphatic heterocycles. The summed E-state index contributed by atoms with van der Waals surface area (Å²) in [5.41, 5.74) is 2.76. The summed E-state index contributed by atoms with van der Waals surface area (Å²) in [6.45, 7) is 8.98. The van der Waals surface area contributed by atoms with E-state index in [0.717, 1.165) is 11.4 Å². The normalized spacial score (nSPS) is 24.2. The number of ketones is 2. The number of hydrogen-bond acceptors (Lipinski definition) is 6. The standard InChI is InChI=1S/C16H24N4O2/c1-11-15(13(3)21)9-17-5-6-18-10-16(14(4)22)12(2)20-8-7-19-11/h9-10,19-20H,5-8H2,1-4H3/b15-11+,16-12+,17-9?,18-10?. The Hall–Kier alpha value is -2.24. The zero-order valence-corrected chi connectivity index (χ0v) is 13.7. The molecule has 0 aromatic heterocycles. The van der Waals surface area contributed by atoms with Crippen molar-refractivity contribution in [3.05, 3.63) is 22.5 Å². The summed E-state index contributed by atoms with van der Waals surface area (Å²) in [6, 6.07) is 0. The molecule has 0 amide bonds. The predicted molar refractivity (Wildman–Crippen MR) is 89.5 cm³/mol. The van der Waals surface area contributed by atoms with E-state index in [1.165, 1.54) is 13.8 Å². The lowest BCUT2D eigenvalue weighted by atomic mass is 10.1. The summed E-state index contributed by atoms with van der Waals surface area (Å²) in [4.78, 5) is 31.7. The molecule has 0 bridgehead atoms. The summed E-state index contributed by atoms with van der Waals surface area (Å²) in [7, 11) is 0. The van der Waals surface area contributed by atoms with Crippen molar-refractivity contribution < 1.29 is 9.59 Å². The Morgan fingerprint density at radius 3 is 1.55 bits per heavy atom. The molecule has 0 fully saturated rings. The molecule has 0 aromatic carbocycles. The van der Waals surface area contributed by atoms with Gasteiger partial charge in [0.25, 0.3) is 0 Å². The smallest absolute Gasteiger partial charge is 0.163 e. The van der Waals surface area contributed by atoms with E-state index in [1.54, 1.807) is 12.4 Å². The molecule has 2 N–H and O–H groups in total. The van der Waals surface area contributed by atoms with Gasteiger partial charge in [-0.15, -0.1) is 0 Å². The Kier molecular flexibility index (Phi) is 7.22. The summed E-state index contributed by atoms with van der Waals surface area (Å²) in [5.74, 6) is -0.0421. The van der Waals surface area contributed by atoms with E-state index in [4.69, 9.17) is 0 Å². The monoisotopic (exact) mass is 304 g/mol. The Bertz CT molecular complexity index is 506. The highest BCUT2D eigenvalue weighted by Gasteiger charge is 2.07. The minimum atomic E-state index is -0.0211. The number of Topliss-reactive ketones (excluding diaryl/α,β-unsaturated/α-hetero) is 2. The number of aliphatic imine (C=N–C) groups is 2. The second kappa shape index (κ2) is 8.92. The third-order valence-electron chi connectivity index (χ3n) is 3.27. The number of nitrogens with zero attached hydrogens (tertiary/aromatic N) is 2. The van der Waals surface area contributed by atoms with Gasteiger partial charge in [0.05, 0.1) is 24.2 Å². The summed E-state index contributed by atoms with van der Waals surface area (Å²) in [6.07, 6.45) is 3.18. The van der Waals surface area contributed by atoms with Crippen LogP contribution in [0.1, 0.15) is 27.7 Å². The molecule has 0 aliphatic carbocycles. The van der Waals surface area contributed by atoms with Crippen LogP contribution in [0, 0.1) is 0 Å². The van der Waals surface area contributed by atoms with Crippen molar-refractivity contribution in [2.24, 2.45) is 9.98 Å². The van der Waals surface area contributed by atoms with Gasteiger partial charge in [0.1, 0.15) is 0 Å². The highest BCUT2D eigenvalue weighted by atomic mass is 16.1. The zero-order chi connectivity index (χ0) is 16.5. The molecule has 0 spiro atoms. The van der Waals surface area contributed by atoms with Crippen LogP contribution in [-0.4, -0.2) is 50.2 Å². The summed E-state index contributed by atoms with van der Waals surface area (Å²) >= 11 is 0. The fourth-order valence-corrected chi connectivity index (χ4v) is 2.02. The molecule has 1 rings (SSSR count). The van der Waals surface area contributed by atoms with Gasteiger partial charge in [0.2, 0.25) is 0 Å². The van der Waals surface area contributed by atoms with Crippen molar-refractivity contribution in [2.45, 2.75) is 27.7 Å². The quantitative estimate of drug-likeness (QED) is 0.799. The van der Waals surface area contributed by atoms with Gasteiger partial charge in [0, 0.05) is 36.9 Å². The third-order valence-corrected chi connectivity index (χ3v) is 3.27. The topological polar surface area (TPSA) is 82.9 Å². The number of carbonyl (C=O) groups is 2. The molecular formula is C16H24N4O2. The fourth-order valence-electron chi connectivity index (χ4n) is 2.02. The largest absolute Gasteiger partial charge is 0.386 e. The maximum Gasteiger partial charge on any atom is 0.163 e. The van der Waals surface area contributed by atoms with Crippen LogP contribution in [0.15, 0.2) is 32.5 Å². The van der Waals surface area contributed by atoms with Crippen molar-refractivity contribution in [3.8, 4) is 0 Å². The number of hydrogen-bond donors (Lipinski definition) is 2. The van der Waals surface area contributed by atoms with Crippen LogP contribution in [0.4, 0.5) is 0 Å². The van der Waals surface area contributed by atoms with Crippen LogP contribution in [-0.2, 0) is 9.59 Å². The van der Waals surface area contributed by atoms with Gasteiger partial charge in [0.15, 0.2) is 11.6 Å². The molecule has 120 valence electrons. The SMILES string of the molecule is CC(=O)/C1=C(\C)NCCN/C(C)=C(/C(C)=O)C=NCCN=C1. The van der Waals surface area contributed by atoms with E-state index < -0.39 is 0 Å². The predicted octanol–water partition coefficient (Wildman–Crippen LogP) is 1.05. The average molecular weight is 304 g/mol. The number of allylic oxidation sites excluding steroid dienone is 4. The van der Waals surface area contributed by atoms with E-state index in [0.29, 0.717) is 37.3 Å². The molecule has 0 atom stereocenters. The molecule has 0 radical (unpaired) electrons. The Balaban J connectivity index is 2.96. The molecule has 6 heteroatoms. The number of carbonyl (C=O) groups excluding carboxylic acids is 2. The first-order valence-electron chi connectivity index (χ1n) is 7.34. The highest BCUT2D eigenvalue weighted by molar-refractivity contribution is 6.13. The third kappa shape index (κ3) is 5.63. The molecule has 0 saturated carbocycles. The minimum Gasteiger partial charge on any atom is -0.386 e. The van der Waals surface area contributed by atoms with E-state index in [2.05, 4.69) is 20.6 Å². The van der Waals surface area contributed by atoms with Crippen LogP contribution < -0.4 is 10.6 Å². The lowest BCUT2D eigenvalue weighted by Gasteiger charge is -2.13. The first kappa shape index (κ1) is 17.8. The Morgan fingerprint density at radius 1 is 0.864 bits per heavy atom. The van der Waals surface area contributed by atoms with Crippen LogP contribution in [0.2, 0.25) is 0 Å². The van der Waals surface area contributed by atoms with E-state index >= 15 is 0 Å². The molecule has 0 saturated heterocycles. The molecule has 1 aliphatic rings. The van der Waals surface area contributed by atoms with Crippen LogP contribution >= 0.6 is 0 Å². The lowest BCUT2D eigenvalue weighted by molar-refractivity contribution is -0.114. The fraction of sp³-hybridized carbons (Fsp3) is 0.500. The van der Waals surface area contributed by atoms with E-state index in [-0.39, 0.29) is 11.6 Å². The first-order valence-corrected chi connectivity index (χ1v) is 7.34. The van der Waals surface area contributed by atoms with Gasteiger partial charge in [-0.1, -0.05) is 0 Å². The molecule has 6 nitrogen and oxygen atoms in total. The van der Waals surface area contributed by atoms with Crippen LogP contribution in [0.5, 0.6) is 0 Å². The van der Waals surface area contributed by atoms with Crippen LogP contribution in [0.3, 0.4) is 0 Å². The van der Waals surface area contributed by atoms with Gasteiger partial charge in [-0.2, -0.15) is 0 Å². The van der Waals surface area contributed by atoms with Crippen molar-refractivity contribution in [2.75, 3.05) is 26.2 Å². The van der Waals surface area contributed by atoms with Crippen molar-refractivity contribution in [1.82, 2.24) is 10.6 Å². The average Bonchev–Trinajstić information content (AvgIpc) is 2.44. The second-order valence-electron chi connectivity index (χ2n) is 5.11. The van der Waals surface area contributed by atoms with E-state index in [1.807, 2.05) is 13.8 Å². The summed E-state index contributed by atoms with van der Waals surface area (Å²) < 4.78 is 0. The van der Waals surface area contributed by atoms with Crippen molar-refractivity contribution in [3.63, 3.8) is 0 Å². The summed E-state index contributed by atoms with van der Waals surface area (Å²) in [5, 5.41) is 6.39. The van der Waals surface area contributed by atoms with Gasteiger partial charge in [-0.05, 0) is 27.7 Å². The number of nitrogens with one attached hydrogen (secondary N) is 2. The second-order valence-corrected chi connectivity index (χ2v) is 5.11.